The minimum absolute atomic E-state index is 0.112. The van der Waals surface area contributed by atoms with Crippen LogP contribution in [0.1, 0.15) is 18.4 Å². The number of benzene rings is 3. The van der Waals surface area contributed by atoms with E-state index in [1.165, 1.54) is 0 Å². The summed E-state index contributed by atoms with van der Waals surface area (Å²) in [6, 6.07) is 21.6. The molecule has 37 heavy (non-hydrogen) atoms. The van der Waals surface area contributed by atoms with Crippen molar-refractivity contribution in [3.05, 3.63) is 83.1 Å². The Kier molecular flexibility index (Phi) is 9.29. The third kappa shape index (κ3) is 7.65. The van der Waals surface area contributed by atoms with E-state index in [1.54, 1.807) is 25.6 Å². The van der Waals surface area contributed by atoms with Gasteiger partial charge in [0.2, 0.25) is 0 Å². The zero-order chi connectivity index (χ0) is 26.0. The lowest BCUT2D eigenvalue weighted by Crippen LogP contribution is -2.35. The Morgan fingerprint density at radius 1 is 1.08 bits per heavy atom. The van der Waals surface area contributed by atoms with Gasteiger partial charge in [0.1, 0.15) is 17.9 Å². The lowest BCUT2D eigenvalue weighted by atomic mass is 10.1. The van der Waals surface area contributed by atoms with Crippen LogP contribution in [-0.4, -0.2) is 47.3 Å². The summed E-state index contributed by atoms with van der Waals surface area (Å²) in [5.41, 5.74) is 3.63. The highest BCUT2D eigenvalue weighted by molar-refractivity contribution is 9.10. The van der Waals surface area contributed by atoms with Gasteiger partial charge in [-0.15, -0.1) is 0 Å². The molecule has 1 aliphatic rings. The van der Waals surface area contributed by atoms with E-state index in [0.717, 1.165) is 69.8 Å². The van der Waals surface area contributed by atoms with Gasteiger partial charge in [0.25, 0.3) is 0 Å². The SMILES string of the molecule is COc1cc2ncnc(Nc3cccc(Br)c3)c2cc1NC1CCNCC1.O=C(O)Cc1ccccc1. The Hall–Kier alpha value is -3.69. The molecule has 0 radical (unpaired) electrons. The number of fused-ring (bicyclic) bond motifs is 1. The van der Waals surface area contributed by atoms with Gasteiger partial charge >= 0.3 is 5.97 Å². The van der Waals surface area contributed by atoms with Gasteiger partial charge < -0.3 is 25.8 Å². The van der Waals surface area contributed by atoms with E-state index in [9.17, 15) is 4.79 Å². The van der Waals surface area contributed by atoms with Crippen molar-refractivity contribution in [1.29, 1.82) is 0 Å². The summed E-state index contributed by atoms with van der Waals surface area (Å²) in [6.07, 6.45) is 3.87. The van der Waals surface area contributed by atoms with Gasteiger partial charge in [-0.05, 0) is 55.8 Å². The van der Waals surface area contributed by atoms with Crippen LogP contribution in [0.4, 0.5) is 17.2 Å². The second kappa shape index (κ2) is 13.0. The normalized spacial score (nSPS) is 13.4. The van der Waals surface area contributed by atoms with Crippen LogP contribution in [0, 0.1) is 0 Å². The molecule has 4 N–H and O–H groups in total. The van der Waals surface area contributed by atoms with Gasteiger partial charge in [-0.3, -0.25) is 4.79 Å². The Morgan fingerprint density at radius 3 is 2.57 bits per heavy atom. The second-order valence-corrected chi connectivity index (χ2v) is 9.57. The summed E-state index contributed by atoms with van der Waals surface area (Å²) in [5, 5.41) is 19.7. The number of hydrogen-bond donors (Lipinski definition) is 4. The third-order valence-electron chi connectivity index (χ3n) is 5.94. The Bertz CT molecular complexity index is 1330. The van der Waals surface area contributed by atoms with Gasteiger partial charge in [0, 0.05) is 27.7 Å². The molecule has 1 aliphatic heterocycles. The second-order valence-electron chi connectivity index (χ2n) is 8.65. The number of nitrogens with zero attached hydrogens (tertiary/aromatic N) is 2. The molecule has 1 fully saturated rings. The first-order chi connectivity index (χ1) is 18.0. The first-order valence-corrected chi connectivity index (χ1v) is 12.9. The van der Waals surface area contributed by atoms with Crippen molar-refractivity contribution in [2.75, 3.05) is 30.8 Å². The molecule has 1 saturated heterocycles. The van der Waals surface area contributed by atoms with Crippen LogP contribution in [0.2, 0.25) is 0 Å². The molecule has 5 rings (SSSR count). The largest absolute Gasteiger partial charge is 0.495 e. The molecule has 0 unspecified atom stereocenters. The minimum Gasteiger partial charge on any atom is -0.495 e. The Morgan fingerprint density at radius 2 is 1.86 bits per heavy atom. The highest BCUT2D eigenvalue weighted by Crippen LogP contribution is 2.34. The van der Waals surface area contributed by atoms with Gasteiger partial charge in [-0.25, -0.2) is 9.97 Å². The van der Waals surface area contributed by atoms with E-state index in [-0.39, 0.29) is 6.42 Å². The van der Waals surface area contributed by atoms with Gasteiger partial charge in [-0.1, -0.05) is 52.3 Å². The number of aromatic nitrogens is 2. The van der Waals surface area contributed by atoms with Crippen LogP contribution >= 0.6 is 15.9 Å². The van der Waals surface area contributed by atoms with E-state index in [2.05, 4.69) is 47.9 Å². The monoisotopic (exact) mass is 563 g/mol. The van der Waals surface area contributed by atoms with Crippen LogP contribution in [0.15, 0.2) is 77.5 Å². The zero-order valence-electron chi connectivity index (χ0n) is 20.6. The summed E-state index contributed by atoms with van der Waals surface area (Å²) in [7, 11) is 1.69. The molecule has 4 aromatic rings. The number of piperidine rings is 1. The predicted molar refractivity (Wildman–Crippen MR) is 151 cm³/mol. The van der Waals surface area contributed by atoms with E-state index >= 15 is 0 Å². The van der Waals surface area contributed by atoms with Crippen molar-refractivity contribution in [1.82, 2.24) is 15.3 Å². The van der Waals surface area contributed by atoms with E-state index in [0.29, 0.717) is 6.04 Å². The van der Waals surface area contributed by atoms with Crippen LogP contribution < -0.4 is 20.7 Å². The number of anilines is 3. The maximum atomic E-state index is 10.2. The van der Waals surface area contributed by atoms with Gasteiger partial charge in [0.05, 0.1) is 24.7 Å². The first kappa shape index (κ1) is 26.4. The minimum atomic E-state index is -0.786. The van der Waals surface area contributed by atoms with Crippen molar-refractivity contribution in [3.8, 4) is 5.75 Å². The molecule has 0 atom stereocenters. The highest BCUT2D eigenvalue weighted by Gasteiger charge is 2.16. The number of rotatable bonds is 7. The predicted octanol–water partition coefficient (Wildman–Crippen LogP) is 5.62. The number of halogens is 1. The fourth-order valence-corrected chi connectivity index (χ4v) is 4.52. The molecule has 0 spiro atoms. The standard InChI is InChI=1S/C20H22BrN5O.C8H8O2/c1-27-19-11-17-16(10-18(19)25-14-5-7-22-8-6-14)20(24-12-23-17)26-15-4-2-3-13(21)9-15;9-8(10)6-7-4-2-1-3-5-7/h2-4,9-12,14,22,25H,5-8H2,1H3,(H,23,24,26);1-5H,6H2,(H,9,10). The maximum Gasteiger partial charge on any atom is 0.307 e. The fourth-order valence-electron chi connectivity index (χ4n) is 4.12. The van der Waals surface area contributed by atoms with Crippen LogP contribution in [-0.2, 0) is 11.2 Å². The van der Waals surface area contributed by atoms with E-state index < -0.39 is 5.97 Å². The molecular formula is C28H30BrN5O3. The quantitative estimate of drug-likeness (QED) is 0.229. The lowest BCUT2D eigenvalue weighted by Gasteiger charge is -2.25. The highest BCUT2D eigenvalue weighted by atomic mass is 79.9. The average Bonchev–Trinajstić information content (AvgIpc) is 2.90. The number of hydrogen-bond acceptors (Lipinski definition) is 7. The van der Waals surface area contributed by atoms with Crippen LogP contribution in [0.25, 0.3) is 10.9 Å². The molecule has 2 heterocycles. The number of methoxy groups -OCH3 is 1. The Labute approximate surface area is 224 Å². The number of aliphatic carboxylic acids is 1. The van der Waals surface area contributed by atoms with E-state index in [1.807, 2.05) is 48.5 Å². The number of carbonyl (C=O) groups is 1. The molecule has 3 aromatic carbocycles. The summed E-state index contributed by atoms with van der Waals surface area (Å²) in [6.45, 7) is 2.07. The fraction of sp³-hybridized carbons (Fsp3) is 0.250. The van der Waals surface area contributed by atoms with E-state index in [4.69, 9.17) is 9.84 Å². The molecule has 0 aliphatic carbocycles. The summed E-state index contributed by atoms with van der Waals surface area (Å²) < 4.78 is 6.62. The topological polar surface area (TPSA) is 108 Å². The van der Waals surface area contributed by atoms with Crippen molar-refractivity contribution >= 4 is 50.0 Å². The molecule has 0 saturated carbocycles. The van der Waals surface area contributed by atoms with Crippen molar-refractivity contribution in [2.24, 2.45) is 0 Å². The van der Waals surface area contributed by atoms with Crippen molar-refractivity contribution in [3.63, 3.8) is 0 Å². The molecule has 8 nitrogen and oxygen atoms in total. The van der Waals surface area contributed by atoms with Crippen LogP contribution in [0.3, 0.4) is 0 Å². The first-order valence-electron chi connectivity index (χ1n) is 12.1. The molecule has 192 valence electrons. The maximum absolute atomic E-state index is 10.2. The molecule has 9 heteroatoms. The van der Waals surface area contributed by atoms with Crippen molar-refractivity contribution < 1.29 is 14.6 Å². The smallest absolute Gasteiger partial charge is 0.307 e. The zero-order valence-corrected chi connectivity index (χ0v) is 22.2. The average molecular weight is 564 g/mol. The van der Waals surface area contributed by atoms with Crippen LogP contribution in [0.5, 0.6) is 5.75 Å². The third-order valence-corrected chi connectivity index (χ3v) is 6.43. The number of ether oxygens (including phenoxy) is 1. The summed E-state index contributed by atoms with van der Waals surface area (Å²) in [4.78, 5) is 19.0. The number of carboxylic acid groups (broad SMARTS) is 1. The molecule has 0 amide bonds. The Balaban J connectivity index is 0.000000270. The van der Waals surface area contributed by atoms with Gasteiger partial charge in [-0.2, -0.15) is 0 Å². The molecular weight excluding hydrogens is 534 g/mol. The van der Waals surface area contributed by atoms with Crippen molar-refractivity contribution in [2.45, 2.75) is 25.3 Å². The van der Waals surface area contributed by atoms with Gasteiger partial charge in [0.15, 0.2) is 0 Å². The number of carboxylic acids is 1. The molecule has 0 bridgehead atoms. The summed E-state index contributed by atoms with van der Waals surface area (Å²) in [5.74, 6) is 0.786. The number of nitrogens with one attached hydrogen (secondary N) is 3. The lowest BCUT2D eigenvalue weighted by molar-refractivity contribution is -0.136. The summed E-state index contributed by atoms with van der Waals surface area (Å²) >= 11 is 3.51. The molecule has 1 aromatic heterocycles.